The van der Waals surface area contributed by atoms with Crippen LogP contribution in [0.4, 0.5) is 14.6 Å². The van der Waals surface area contributed by atoms with Gasteiger partial charge in [0.15, 0.2) is 0 Å². The fourth-order valence-corrected chi connectivity index (χ4v) is 1.02. The summed E-state index contributed by atoms with van der Waals surface area (Å²) in [6, 6.07) is 2.70. The predicted molar refractivity (Wildman–Crippen MR) is 46.2 cm³/mol. The molecular weight excluding hydrogens is 190 g/mol. The lowest BCUT2D eigenvalue weighted by atomic mass is 10.1. The molecule has 0 atom stereocenters. The maximum atomic E-state index is 12.4. The van der Waals surface area contributed by atoms with Crippen LogP contribution in [0.1, 0.15) is 23.2 Å². The number of nitrogen functional groups attached to an aromatic ring is 1. The first-order valence-corrected chi connectivity index (χ1v) is 3.77. The van der Waals surface area contributed by atoms with E-state index in [1.54, 1.807) is 6.07 Å². The van der Waals surface area contributed by atoms with Crippen LogP contribution in [0.5, 0.6) is 0 Å². The Bertz CT molecular complexity index is 384. The average molecular weight is 198 g/mol. The second-order valence-electron chi connectivity index (χ2n) is 2.57. The van der Waals surface area contributed by atoms with Crippen molar-refractivity contribution in [3.63, 3.8) is 0 Å². The lowest BCUT2D eigenvalue weighted by Crippen LogP contribution is -2.08. The standard InChI is InChI=1S/C8H8F2N4/c9-7(10)5-1-4(2-11)8(13)14-6(5)3-12/h1,7H,3,12H2,(H2,13,14). The normalized spacial score (nSPS) is 10.2. The number of nitrogens with two attached hydrogens (primary N) is 2. The Morgan fingerprint density at radius 2 is 2.21 bits per heavy atom. The van der Waals surface area contributed by atoms with Crippen molar-refractivity contribution in [1.29, 1.82) is 5.26 Å². The van der Waals surface area contributed by atoms with E-state index in [4.69, 9.17) is 16.7 Å². The number of alkyl halides is 2. The van der Waals surface area contributed by atoms with E-state index in [0.717, 1.165) is 6.07 Å². The van der Waals surface area contributed by atoms with Crippen molar-refractivity contribution < 1.29 is 8.78 Å². The molecule has 4 nitrogen and oxygen atoms in total. The summed E-state index contributed by atoms with van der Waals surface area (Å²) in [5.41, 5.74) is 10.2. The lowest BCUT2D eigenvalue weighted by Gasteiger charge is -2.07. The quantitative estimate of drug-likeness (QED) is 0.739. The van der Waals surface area contributed by atoms with Gasteiger partial charge in [-0.25, -0.2) is 13.8 Å². The van der Waals surface area contributed by atoms with Gasteiger partial charge in [0.2, 0.25) is 0 Å². The zero-order valence-electron chi connectivity index (χ0n) is 7.17. The Kier molecular flexibility index (Phi) is 2.94. The van der Waals surface area contributed by atoms with Crippen molar-refractivity contribution in [3.05, 3.63) is 22.9 Å². The summed E-state index contributed by atoms with van der Waals surface area (Å²) in [5, 5.41) is 8.54. The zero-order valence-corrected chi connectivity index (χ0v) is 7.17. The molecule has 0 aliphatic rings. The molecule has 0 aromatic carbocycles. The highest BCUT2D eigenvalue weighted by molar-refractivity contribution is 5.51. The highest BCUT2D eigenvalue weighted by Crippen LogP contribution is 2.24. The van der Waals surface area contributed by atoms with Crippen LogP contribution >= 0.6 is 0 Å². The van der Waals surface area contributed by atoms with Gasteiger partial charge in [0.25, 0.3) is 6.43 Å². The number of pyridine rings is 1. The number of rotatable bonds is 2. The maximum absolute atomic E-state index is 12.4. The summed E-state index contributed by atoms with van der Waals surface area (Å²) in [4.78, 5) is 3.63. The van der Waals surface area contributed by atoms with Gasteiger partial charge in [0.1, 0.15) is 11.9 Å². The van der Waals surface area contributed by atoms with E-state index >= 15 is 0 Å². The maximum Gasteiger partial charge on any atom is 0.265 e. The topological polar surface area (TPSA) is 88.7 Å². The van der Waals surface area contributed by atoms with Crippen LogP contribution in [0.25, 0.3) is 0 Å². The molecule has 0 aliphatic carbocycles. The second kappa shape index (κ2) is 3.98. The van der Waals surface area contributed by atoms with Gasteiger partial charge in [0.05, 0.1) is 11.3 Å². The van der Waals surface area contributed by atoms with Crippen LogP contribution in [-0.2, 0) is 6.54 Å². The number of halogens is 2. The van der Waals surface area contributed by atoms with E-state index in [9.17, 15) is 8.78 Å². The van der Waals surface area contributed by atoms with Crippen molar-refractivity contribution in [2.75, 3.05) is 5.73 Å². The van der Waals surface area contributed by atoms with Crippen LogP contribution in [0.15, 0.2) is 6.07 Å². The average Bonchev–Trinajstić information content (AvgIpc) is 2.16. The van der Waals surface area contributed by atoms with Crippen molar-refractivity contribution in [2.45, 2.75) is 13.0 Å². The summed E-state index contributed by atoms with van der Waals surface area (Å²) in [6.45, 7) is -0.129. The molecule has 0 unspecified atom stereocenters. The first-order valence-electron chi connectivity index (χ1n) is 3.77. The molecule has 0 fully saturated rings. The van der Waals surface area contributed by atoms with Crippen molar-refractivity contribution >= 4 is 5.82 Å². The largest absolute Gasteiger partial charge is 0.383 e. The molecule has 0 saturated heterocycles. The molecule has 1 aromatic heterocycles. The molecule has 14 heavy (non-hydrogen) atoms. The molecule has 0 aliphatic heterocycles. The van der Waals surface area contributed by atoms with E-state index in [1.165, 1.54) is 0 Å². The molecule has 74 valence electrons. The van der Waals surface area contributed by atoms with Crippen LogP contribution in [0.3, 0.4) is 0 Å². The van der Waals surface area contributed by atoms with E-state index < -0.39 is 6.43 Å². The zero-order chi connectivity index (χ0) is 10.7. The lowest BCUT2D eigenvalue weighted by molar-refractivity contribution is 0.149. The van der Waals surface area contributed by atoms with Gasteiger partial charge in [-0.05, 0) is 6.07 Å². The van der Waals surface area contributed by atoms with Gasteiger partial charge in [-0.1, -0.05) is 0 Å². The number of nitrogens with zero attached hydrogens (tertiary/aromatic N) is 2. The predicted octanol–water partition coefficient (Wildman–Crippen LogP) is 0.932. The molecule has 1 rings (SSSR count). The molecule has 0 radical (unpaired) electrons. The highest BCUT2D eigenvalue weighted by Gasteiger charge is 2.16. The summed E-state index contributed by atoms with van der Waals surface area (Å²) < 4.78 is 24.8. The Hall–Kier alpha value is -1.74. The number of aromatic nitrogens is 1. The smallest absolute Gasteiger partial charge is 0.265 e. The third kappa shape index (κ3) is 1.78. The number of nitriles is 1. The van der Waals surface area contributed by atoms with Gasteiger partial charge >= 0.3 is 0 Å². The molecule has 1 heterocycles. The van der Waals surface area contributed by atoms with Gasteiger partial charge in [-0.15, -0.1) is 0 Å². The fourth-order valence-electron chi connectivity index (χ4n) is 1.02. The van der Waals surface area contributed by atoms with Crippen molar-refractivity contribution in [3.8, 4) is 6.07 Å². The number of hydrogen-bond donors (Lipinski definition) is 2. The van der Waals surface area contributed by atoms with E-state index in [2.05, 4.69) is 4.98 Å². The van der Waals surface area contributed by atoms with Crippen molar-refractivity contribution in [1.82, 2.24) is 4.98 Å². The summed E-state index contributed by atoms with van der Waals surface area (Å²) in [5.74, 6) is -0.0719. The minimum Gasteiger partial charge on any atom is -0.383 e. The molecule has 4 N–H and O–H groups in total. The highest BCUT2D eigenvalue weighted by atomic mass is 19.3. The van der Waals surface area contributed by atoms with Gasteiger partial charge in [-0.2, -0.15) is 5.26 Å². The minimum atomic E-state index is -2.70. The van der Waals surface area contributed by atoms with Crippen LogP contribution < -0.4 is 11.5 Å². The summed E-state index contributed by atoms with van der Waals surface area (Å²) in [6.07, 6.45) is -2.70. The van der Waals surface area contributed by atoms with E-state index in [0.29, 0.717) is 0 Å². The third-order valence-electron chi connectivity index (χ3n) is 1.71. The number of hydrogen-bond acceptors (Lipinski definition) is 4. The van der Waals surface area contributed by atoms with E-state index in [-0.39, 0.29) is 29.2 Å². The van der Waals surface area contributed by atoms with Gasteiger partial charge in [0, 0.05) is 12.1 Å². The summed E-state index contributed by atoms with van der Waals surface area (Å²) in [7, 11) is 0. The first-order chi connectivity index (χ1) is 6.60. The monoisotopic (exact) mass is 198 g/mol. The minimum absolute atomic E-state index is 0.0245. The Labute approximate surface area is 79.1 Å². The van der Waals surface area contributed by atoms with Gasteiger partial charge in [-0.3, -0.25) is 0 Å². The fraction of sp³-hybridized carbons (Fsp3) is 0.250. The Balaban J connectivity index is 3.34. The Morgan fingerprint density at radius 1 is 1.57 bits per heavy atom. The molecule has 0 amide bonds. The molecule has 6 heteroatoms. The SMILES string of the molecule is N#Cc1cc(C(F)F)c(CN)nc1N. The first kappa shape index (κ1) is 10.3. The van der Waals surface area contributed by atoms with Crippen LogP contribution in [-0.4, -0.2) is 4.98 Å². The molecule has 0 saturated carbocycles. The van der Waals surface area contributed by atoms with Crippen LogP contribution in [0.2, 0.25) is 0 Å². The Morgan fingerprint density at radius 3 is 2.64 bits per heavy atom. The molecule has 1 aromatic rings. The van der Waals surface area contributed by atoms with Gasteiger partial charge < -0.3 is 11.5 Å². The molecular formula is C8H8F2N4. The molecule has 0 bridgehead atoms. The van der Waals surface area contributed by atoms with E-state index in [1.807, 2.05) is 0 Å². The van der Waals surface area contributed by atoms with Crippen molar-refractivity contribution in [2.24, 2.45) is 5.73 Å². The second-order valence-corrected chi connectivity index (χ2v) is 2.57. The number of anilines is 1. The third-order valence-corrected chi connectivity index (χ3v) is 1.71. The van der Waals surface area contributed by atoms with Crippen LogP contribution in [0, 0.1) is 11.3 Å². The summed E-state index contributed by atoms with van der Waals surface area (Å²) >= 11 is 0. The molecule has 0 spiro atoms.